The summed E-state index contributed by atoms with van der Waals surface area (Å²) < 4.78 is 0. The van der Waals surface area contributed by atoms with Gasteiger partial charge in [-0.25, -0.2) is 0 Å². The molecular formula is C27H23ClN2. The van der Waals surface area contributed by atoms with Crippen LogP contribution in [0.3, 0.4) is 0 Å². The maximum atomic E-state index is 6.18. The third-order valence-electron chi connectivity index (χ3n) is 6.56. The van der Waals surface area contributed by atoms with Crippen LogP contribution in [0.5, 0.6) is 0 Å². The molecule has 0 aliphatic carbocycles. The molecule has 0 unspecified atom stereocenters. The monoisotopic (exact) mass is 410 g/mol. The van der Waals surface area contributed by atoms with Gasteiger partial charge in [-0.2, -0.15) is 0 Å². The number of halogens is 1. The molecule has 1 fully saturated rings. The van der Waals surface area contributed by atoms with Crippen molar-refractivity contribution in [2.45, 2.75) is 6.54 Å². The van der Waals surface area contributed by atoms with E-state index in [0.29, 0.717) is 0 Å². The highest BCUT2D eigenvalue weighted by Crippen LogP contribution is 2.36. The Bertz CT molecular complexity index is 1340. The van der Waals surface area contributed by atoms with Crippen molar-refractivity contribution >= 4 is 49.6 Å². The predicted octanol–water partition coefficient (Wildman–Crippen LogP) is 6.56. The lowest BCUT2D eigenvalue weighted by Crippen LogP contribution is -2.46. The number of benzene rings is 5. The average Bonchev–Trinajstić information content (AvgIpc) is 2.79. The van der Waals surface area contributed by atoms with Gasteiger partial charge in [0.15, 0.2) is 0 Å². The summed E-state index contributed by atoms with van der Waals surface area (Å²) in [5.41, 5.74) is 2.65. The van der Waals surface area contributed by atoms with Crippen LogP contribution in [0.15, 0.2) is 78.9 Å². The smallest absolute Gasteiger partial charge is 0.0426 e. The van der Waals surface area contributed by atoms with Crippen LogP contribution in [-0.2, 0) is 6.54 Å². The van der Waals surface area contributed by atoms with E-state index < -0.39 is 0 Å². The lowest BCUT2D eigenvalue weighted by atomic mass is 9.92. The van der Waals surface area contributed by atoms with Crippen LogP contribution in [0.1, 0.15) is 5.56 Å². The van der Waals surface area contributed by atoms with Gasteiger partial charge in [-0.3, -0.25) is 4.90 Å². The first-order valence-electron chi connectivity index (χ1n) is 10.6. The highest BCUT2D eigenvalue weighted by Gasteiger charge is 2.19. The molecule has 0 aromatic heterocycles. The molecule has 0 spiro atoms. The number of hydrogen-bond acceptors (Lipinski definition) is 2. The molecule has 0 atom stereocenters. The molecule has 30 heavy (non-hydrogen) atoms. The maximum absolute atomic E-state index is 6.18. The molecule has 148 valence electrons. The summed E-state index contributed by atoms with van der Waals surface area (Å²) in [6, 6.07) is 28.5. The van der Waals surface area contributed by atoms with E-state index in [2.05, 4.69) is 76.5 Å². The van der Waals surface area contributed by atoms with Gasteiger partial charge in [0.25, 0.3) is 0 Å². The minimum atomic E-state index is 0.809. The van der Waals surface area contributed by atoms with Crippen LogP contribution in [0.25, 0.3) is 32.3 Å². The Morgan fingerprint density at radius 3 is 2.10 bits per heavy atom. The van der Waals surface area contributed by atoms with Gasteiger partial charge in [-0.1, -0.05) is 72.3 Å². The fourth-order valence-corrected chi connectivity index (χ4v) is 5.20. The van der Waals surface area contributed by atoms with Gasteiger partial charge in [0.2, 0.25) is 0 Å². The molecule has 3 heteroatoms. The van der Waals surface area contributed by atoms with Crippen LogP contribution >= 0.6 is 11.6 Å². The molecule has 6 rings (SSSR count). The van der Waals surface area contributed by atoms with Crippen LogP contribution < -0.4 is 4.90 Å². The zero-order valence-corrected chi connectivity index (χ0v) is 17.6. The lowest BCUT2D eigenvalue weighted by Gasteiger charge is -2.36. The first-order valence-corrected chi connectivity index (χ1v) is 11.0. The Morgan fingerprint density at radius 1 is 0.667 bits per heavy atom. The highest BCUT2D eigenvalue weighted by atomic mass is 35.5. The second kappa shape index (κ2) is 7.16. The number of hydrogen-bond donors (Lipinski definition) is 0. The summed E-state index contributed by atoms with van der Waals surface area (Å²) in [6.45, 7) is 5.19. The largest absolute Gasteiger partial charge is 0.369 e. The van der Waals surface area contributed by atoms with Gasteiger partial charge in [0.1, 0.15) is 0 Å². The summed E-state index contributed by atoms with van der Waals surface area (Å²) >= 11 is 6.18. The molecule has 0 radical (unpaired) electrons. The predicted molar refractivity (Wildman–Crippen MR) is 129 cm³/mol. The van der Waals surface area contributed by atoms with Gasteiger partial charge in [-0.05, 0) is 56.1 Å². The van der Waals surface area contributed by atoms with E-state index in [-0.39, 0.29) is 0 Å². The Hall–Kier alpha value is -2.81. The van der Waals surface area contributed by atoms with Crippen molar-refractivity contribution in [3.05, 3.63) is 89.4 Å². The Labute approximate surface area is 181 Å². The molecular weight excluding hydrogens is 388 g/mol. The van der Waals surface area contributed by atoms with Gasteiger partial charge < -0.3 is 4.90 Å². The molecule has 1 heterocycles. The molecule has 0 bridgehead atoms. The van der Waals surface area contributed by atoms with Crippen LogP contribution in [0.4, 0.5) is 5.69 Å². The Balaban J connectivity index is 1.29. The molecule has 2 nitrogen and oxygen atoms in total. The highest BCUT2D eigenvalue weighted by molar-refractivity contribution is 6.30. The normalized spacial score (nSPS) is 15.6. The van der Waals surface area contributed by atoms with Crippen molar-refractivity contribution in [3.63, 3.8) is 0 Å². The van der Waals surface area contributed by atoms with E-state index in [1.807, 2.05) is 12.1 Å². The molecule has 0 N–H and O–H groups in total. The van der Waals surface area contributed by atoms with E-state index in [1.165, 1.54) is 43.6 Å². The molecule has 0 amide bonds. The summed E-state index contributed by atoms with van der Waals surface area (Å²) in [4.78, 5) is 5.01. The number of piperazine rings is 1. The van der Waals surface area contributed by atoms with E-state index in [4.69, 9.17) is 11.6 Å². The van der Waals surface area contributed by atoms with Gasteiger partial charge >= 0.3 is 0 Å². The molecule has 5 aromatic rings. The van der Waals surface area contributed by atoms with E-state index >= 15 is 0 Å². The van der Waals surface area contributed by atoms with Gasteiger partial charge in [-0.15, -0.1) is 0 Å². The van der Waals surface area contributed by atoms with Crippen LogP contribution in [0, 0.1) is 0 Å². The second-order valence-corrected chi connectivity index (χ2v) is 8.76. The summed E-state index contributed by atoms with van der Waals surface area (Å²) in [5.74, 6) is 0. The summed E-state index contributed by atoms with van der Waals surface area (Å²) in [5, 5.41) is 9.03. The van der Waals surface area contributed by atoms with Crippen molar-refractivity contribution in [1.82, 2.24) is 4.90 Å². The fourth-order valence-electron chi connectivity index (χ4n) is 5.01. The van der Waals surface area contributed by atoms with Crippen molar-refractivity contribution in [2.75, 3.05) is 31.1 Å². The summed E-state index contributed by atoms with van der Waals surface area (Å²) in [7, 11) is 0. The Kier molecular flexibility index (Phi) is 4.29. The summed E-state index contributed by atoms with van der Waals surface area (Å²) in [6.07, 6.45) is 0. The van der Waals surface area contributed by atoms with Crippen molar-refractivity contribution in [2.24, 2.45) is 0 Å². The van der Waals surface area contributed by atoms with Crippen molar-refractivity contribution in [1.29, 1.82) is 0 Å². The van der Waals surface area contributed by atoms with Crippen LogP contribution in [-0.4, -0.2) is 31.1 Å². The molecule has 1 aliphatic heterocycles. The number of rotatable bonds is 3. The minimum absolute atomic E-state index is 0.809. The van der Waals surface area contributed by atoms with Gasteiger partial charge in [0.05, 0.1) is 0 Å². The third-order valence-corrected chi connectivity index (χ3v) is 6.79. The van der Waals surface area contributed by atoms with Crippen molar-refractivity contribution in [3.8, 4) is 0 Å². The quantitative estimate of drug-likeness (QED) is 0.311. The number of nitrogens with zero attached hydrogens (tertiary/aromatic N) is 2. The maximum Gasteiger partial charge on any atom is 0.0426 e. The standard InChI is InChI=1S/C27H23ClN2/c28-23-5-2-6-24(17-23)30-15-13-29(14-16-30)18-22-10-9-21-8-7-19-3-1-4-20-11-12-25(22)27(21)26(19)20/h1-12,17H,13-16,18H2. The first-order chi connectivity index (χ1) is 14.8. The van der Waals surface area contributed by atoms with Crippen LogP contribution in [0.2, 0.25) is 5.02 Å². The second-order valence-electron chi connectivity index (χ2n) is 8.32. The van der Waals surface area contributed by atoms with E-state index in [0.717, 1.165) is 37.7 Å². The molecule has 1 aliphatic rings. The third kappa shape index (κ3) is 2.99. The fraction of sp³-hybridized carbons (Fsp3) is 0.185. The zero-order chi connectivity index (χ0) is 20.1. The van der Waals surface area contributed by atoms with Crippen molar-refractivity contribution < 1.29 is 0 Å². The molecule has 5 aromatic carbocycles. The number of anilines is 1. The van der Waals surface area contributed by atoms with E-state index in [9.17, 15) is 0 Å². The first kappa shape index (κ1) is 18.0. The zero-order valence-electron chi connectivity index (χ0n) is 16.8. The topological polar surface area (TPSA) is 6.48 Å². The molecule has 0 saturated carbocycles. The van der Waals surface area contributed by atoms with E-state index in [1.54, 1.807) is 0 Å². The SMILES string of the molecule is Clc1cccc(N2CCN(Cc3ccc4ccc5cccc6ccc3c4c56)CC2)c1. The van der Waals surface area contributed by atoms with Gasteiger partial charge in [0, 0.05) is 43.4 Å². The lowest BCUT2D eigenvalue weighted by molar-refractivity contribution is 0.251. The Morgan fingerprint density at radius 2 is 1.33 bits per heavy atom. The minimum Gasteiger partial charge on any atom is -0.369 e. The molecule has 1 saturated heterocycles. The average molecular weight is 411 g/mol.